The zero-order valence-electron chi connectivity index (χ0n) is 15.8. The number of esters is 1. The largest absolute Gasteiger partial charge is 0.454 e. The molecule has 0 unspecified atom stereocenters. The fourth-order valence-electron chi connectivity index (χ4n) is 2.44. The average molecular weight is 421 g/mol. The predicted octanol–water partition coefficient (Wildman–Crippen LogP) is 2.76. The first-order chi connectivity index (χ1) is 13.6. The van der Waals surface area contributed by atoms with E-state index in [0.29, 0.717) is 5.69 Å². The lowest BCUT2D eigenvalue weighted by Crippen LogP contribution is -2.25. The SMILES string of the molecule is CC(=O)Nc1ccc(C(=O)[C@@H](C)OC(=O)CCS(=O)(=O)c2ccc(F)cc2)cc1. The molecule has 9 heteroatoms. The van der Waals surface area contributed by atoms with E-state index < -0.39 is 45.7 Å². The van der Waals surface area contributed by atoms with E-state index >= 15 is 0 Å². The quantitative estimate of drug-likeness (QED) is 0.399. The highest BCUT2D eigenvalue weighted by Crippen LogP contribution is 2.15. The van der Waals surface area contributed by atoms with Crippen molar-refractivity contribution < 1.29 is 31.9 Å². The number of ether oxygens (including phenoxy) is 1. The topological polar surface area (TPSA) is 107 Å². The summed E-state index contributed by atoms with van der Waals surface area (Å²) in [5.41, 5.74) is 0.794. The van der Waals surface area contributed by atoms with Gasteiger partial charge in [0.15, 0.2) is 15.9 Å². The number of rotatable bonds is 8. The van der Waals surface area contributed by atoms with Gasteiger partial charge in [0.1, 0.15) is 5.82 Å². The lowest BCUT2D eigenvalue weighted by molar-refractivity contribution is -0.145. The molecule has 0 heterocycles. The monoisotopic (exact) mass is 421 g/mol. The fourth-order valence-corrected chi connectivity index (χ4v) is 3.66. The van der Waals surface area contributed by atoms with Crippen LogP contribution in [-0.4, -0.2) is 37.9 Å². The van der Waals surface area contributed by atoms with E-state index in [-0.39, 0.29) is 16.4 Å². The van der Waals surface area contributed by atoms with Crippen LogP contribution in [0, 0.1) is 5.82 Å². The first-order valence-corrected chi connectivity index (χ1v) is 10.3. The lowest BCUT2D eigenvalue weighted by Gasteiger charge is -2.13. The zero-order chi connectivity index (χ0) is 21.6. The van der Waals surface area contributed by atoms with E-state index in [0.717, 1.165) is 24.3 Å². The van der Waals surface area contributed by atoms with E-state index in [9.17, 15) is 27.2 Å². The number of amides is 1. The van der Waals surface area contributed by atoms with Crippen molar-refractivity contribution in [3.63, 3.8) is 0 Å². The fraction of sp³-hybridized carbons (Fsp3) is 0.250. The van der Waals surface area contributed by atoms with Crippen LogP contribution in [0.3, 0.4) is 0 Å². The van der Waals surface area contributed by atoms with Gasteiger partial charge >= 0.3 is 5.97 Å². The third-order valence-corrected chi connectivity index (χ3v) is 5.65. The van der Waals surface area contributed by atoms with Gasteiger partial charge in [-0.25, -0.2) is 12.8 Å². The van der Waals surface area contributed by atoms with Gasteiger partial charge in [0, 0.05) is 18.2 Å². The summed E-state index contributed by atoms with van der Waals surface area (Å²) in [7, 11) is -3.78. The molecule has 1 amide bonds. The van der Waals surface area contributed by atoms with E-state index in [1.807, 2.05) is 0 Å². The Labute approximate surface area is 167 Å². The molecule has 7 nitrogen and oxygen atoms in total. The van der Waals surface area contributed by atoms with Crippen LogP contribution in [0.4, 0.5) is 10.1 Å². The Morgan fingerprint density at radius 3 is 2.17 bits per heavy atom. The van der Waals surface area contributed by atoms with E-state index in [2.05, 4.69) is 5.32 Å². The van der Waals surface area contributed by atoms with Gasteiger partial charge in [-0.2, -0.15) is 0 Å². The number of benzene rings is 2. The zero-order valence-corrected chi connectivity index (χ0v) is 16.7. The number of nitrogens with one attached hydrogen (secondary N) is 1. The molecule has 0 fully saturated rings. The molecule has 0 radical (unpaired) electrons. The van der Waals surface area contributed by atoms with Crippen molar-refractivity contribution in [3.05, 3.63) is 59.9 Å². The van der Waals surface area contributed by atoms with Crippen LogP contribution in [-0.2, 0) is 24.2 Å². The summed E-state index contributed by atoms with van der Waals surface area (Å²) in [6, 6.07) is 10.3. The number of Topliss-reactive ketones (excluding diaryl/α,β-unsaturated/α-hetero) is 1. The first kappa shape index (κ1) is 22.2. The Balaban J connectivity index is 1.91. The molecule has 29 heavy (non-hydrogen) atoms. The Morgan fingerprint density at radius 2 is 1.62 bits per heavy atom. The van der Waals surface area contributed by atoms with Crippen LogP contribution < -0.4 is 5.32 Å². The van der Waals surface area contributed by atoms with E-state index in [1.54, 1.807) is 12.1 Å². The second-order valence-corrected chi connectivity index (χ2v) is 8.39. The number of halogens is 1. The molecule has 2 aromatic rings. The summed E-state index contributed by atoms with van der Waals surface area (Å²) in [6.07, 6.45) is -1.55. The number of sulfone groups is 1. The maximum atomic E-state index is 12.9. The minimum atomic E-state index is -3.78. The molecular formula is C20H20FNO6S. The van der Waals surface area contributed by atoms with E-state index in [4.69, 9.17) is 4.74 Å². The summed E-state index contributed by atoms with van der Waals surface area (Å²) in [4.78, 5) is 35.2. The molecule has 0 saturated carbocycles. The van der Waals surface area contributed by atoms with Crippen molar-refractivity contribution in [1.82, 2.24) is 0 Å². The Morgan fingerprint density at radius 1 is 1.03 bits per heavy atom. The summed E-state index contributed by atoms with van der Waals surface area (Å²) in [5, 5.41) is 2.57. The van der Waals surface area contributed by atoms with Gasteiger partial charge in [-0.05, 0) is 55.5 Å². The highest BCUT2D eigenvalue weighted by Gasteiger charge is 2.22. The normalized spacial score (nSPS) is 12.1. The summed E-state index contributed by atoms with van der Waals surface area (Å²) in [6.45, 7) is 2.74. The van der Waals surface area contributed by atoms with Crippen LogP contribution in [0.5, 0.6) is 0 Å². The molecule has 2 aromatic carbocycles. The summed E-state index contributed by atoms with van der Waals surface area (Å²) >= 11 is 0. The molecule has 0 aliphatic carbocycles. The predicted molar refractivity (Wildman–Crippen MR) is 104 cm³/mol. The van der Waals surface area contributed by atoms with Gasteiger partial charge in [0.2, 0.25) is 11.7 Å². The van der Waals surface area contributed by atoms with Gasteiger partial charge in [-0.1, -0.05) is 0 Å². The van der Waals surface area contributed by atoms with Gasteiger partial charge in [0.05, 0.1) is 17.1 Å². The number of hydrogen-bond donors (Lipinski definition) is 1. The molecule has 1 N–H and O–H groups in total. The smallest absolute Gasteiger partial charge is 0.307 e. The van der Waals surface area contributed by atoms with Crippen LogP contribution in [0.15, 0.2) is 53.4 Å². The number of anilines is 1. The number of hydrogen-bond acceptors (Lipinski definition) is 6. The van der Waals surface area contributed by atoms with Crippen LogP contribution in [0.25, 0.3) is 0 Å². The van der Waals surface area contributed by atoms with Crippen molar-refractivity contribution in [2.45, 2.75) is 31.3 Å². The standard InChI is InChI=1S/C20H20FNO6S/c1-13(20(25)15-3-7-17(8-4-15)22-14(2)23)28-19(24)11-12-29(26,27)18-9-5-16(21)6-10-18/h3-10,13H,11-12H2,1-2H3,(H,22,23)/t13-/m1/s1. The molecule has 0 aliphatic rings. The Bertz CT molecular complexity index is 1000. The van der Waals surface area contributed by atoms with Crippen molar-refractivity contribution in [1.29, 1.82) is 0 Å². The number of carbonyl (C=O) groups excluding carboxylic acids is 3. The molecule has 0 aromatic heterocycles. The molecule has 0 bridgehead atoms. The third kappa shape index (κ3) is 6.49. The van der Waals surface area contributed by atoms with Crippen molar-refractivity contribution in [2.24, 2.45) is 0 Å². The van der Waals surface area contributed by atoms with Gasteiger partial charge in [-0.15, -0.1) is 0 Å². The van der Waals surface area contributed by atoms with Crippen LogP contribution in [0.1, 0.15) is 30.6 Å². The molecule has 2 rings (SSSR count). The second kappa shape index (κ2) is 9.42. The molecule has 0 spiro atoms. The van der Waals surface area contributed by atoms with Gasteiger partial charge in [0.25, 0.3) is 0 Å². The summed E-state index contributed by atoms with van der Waals surface area (Å²) in [5.74, 6) is -2.65. The average Bonchev–Trinajstić information content (AvgIpc) is 2.66. The molecule has 154 valence electrons. The van der Waals surface area contributed by atoms with E-state index in [1.165, 1.54) is 26.0 Å². The maximum Gasteiger partial charge on any atom is 0.307 e. The molecule has 0 saturated heterocycles. The lowest BCUT2D eigenvalue weighted by atomic mass is 10.1. The van der Waals surface area contributed by atoms with Crippen molar-refractivity contribution in [3.8, 4) is 0 Å². The first-order valence-electron chi connectivity index (χ1n) is 8.68. The maximum absolute atomic E-state index is 12.9. The van der Waals surface area contributed by atoms with Gasteiger partial charge < -0.3 is 10.1 Å². The van der Waals surface area contributed by atoms with Crippen LogP contribution >= 0.6 is 0 Å². The van der Waals surface area contributed by atoms with Crippen molar-refractivity contribution >= 4 is 33.2 Å². The second-order valence-electron chi connectivity index (χ2n) is 6.28. The summed E-state index contributed by atoms with van der Waals surface area (Å²) < 4.78 is 42.3. The minimum Gasteiger partial charge on any atom is -0.454 e. The molecular weight excluding hydrogens is 401 g/mol. The van der Waals surface area contributed by atoms with Gasteiger partial charge in [-0.3, -0.25) is 14.4 Å². The highest BCUT2D eigenvalue weighted by molar-refractivity contribution is 7.91. The number of ketones is 1. The Kier molecular flexibility index (Phi) is 7.22. The highest BCUT2D eigenvalue weighted by atomic mass is 32.2. The Hall–Kier alpha value is -3.07. The molecule has 1 atom stereocenters. The van der Waals surface area contributed by atoms with Crippen molar-refractivity contribution in [2.75, 3.05) is 11.1 Å². The molecule has 0 aliphatic heterocycles. The number of carbonyl (C=O) groups is 3. The minimum absolute atomic E-state index is 0.102. The third-order valence-electron chi connectivity index (χ3n) is 3.91. The van der Waals surface area contributed by atoms with Crippen LogP contribution in [0.2, 0.25) is 0 Å².